The molecule has 1 aliphatic rings. The van der Waals surface area contributed by atoms with Gasteiger partial charge in [0.25, 0.3) is 10.0 Å². The summed E-state index contributed by atoms with van der Waals surface area (Å²) in [5.74, 6) is 0. The highest BCUT2D eigenvalue weighted by atomic mass is 35.5. The first-order valence-electron chi connectivity index (χ1n) is 10.8. The molecule has 0 unspecified atom stereocenters. The number of nitrogens with zero attached hydrogens (tertiary/aromatic N) is 2. The Balaban J connectivity index is 1.68. The molecule has 0 amide bonds. The van der Waals surface area contributed by atoms with Gasteiger partial charge < -0.3 is 5.32 Å². The second kappa shape index (κ2) is 8.24. The van der Waals surface area contributed by atoms with Crippen molar-refractivity contribution in [3.05, 3.63) is 83.0 Å². The molecule has 0 spiro atoms. The smallest absolute Gasteiger partial charge is 0.269 e. The summed E-state index contributed by atoms with van der Waals surface area (Å²) in [6.45, 7) is 3.16. The van der Waals surface area contributed by atoms with Crippen molar-refractivity contribution in [1.29, 1.82) is 0 Å². The fourth-order valence-electron chi connectivity index (χ4n) is 4.36. The van der Waals surface area contributed by atoms with Gasteiger partial charge in [-0.1, -0.05) is 53.6 Å². The lowest BCUT2D eigenvalue weighted by molar-refractivity contribution is 0.115. The first-order valence-corrected chi connectivity index (χ1v) is 12.6. The molecular formula is C25H23ClFN3O2S. The Labute approximate surface area is 197 Å². The number of nitrogens with one attached hydrogen (secondary N) is 1. The van der Waals surface area contributed by atoms with Crippen LogP contribution in [0.2, 0.25) is 5.02 Å². The average molecular weight is 484 g/mol. The van der Waals surface area contributed by atoms with E-state index in [0.29, 0.717) is 53.2 Å². The predicted molar refractivity (Wildman–Crippen MR) is 129 cm³/mol. The van der Waals surface area contributed by atoms with E-state index in [-0.39, 0.29) is 10.5 Å². The number of rotatable bonds is 4. The maximum Gasteiger partial charge on any atom is 0.269 e. The SMILES string of the molecule is Cc1ccc(S(=O)(=O)n2c(-c3ccc(C4(F)CCNCC4)cc3)cc3c(Cl)ccnc32)cc1. The normalized spacial score (nSPS) is 16.2. The van der Waals surface area contributed by atoms with E-state index in [0.717, 1.165) is 5.56 Å². The topological polar surface area (TPSA) is 64.0 Å². The Bertz CT molecular complexity index is 1430. The van der Waals surface area contributed by atoms with Gasteiger partial charge in [-0.3, -0.25) is 0 Å². The minimum atomic E-state index is -3.96. The Morgan fingerprint density at radius 1 is 1.03 bits per heavy atom. The summed E-state index contributed by atoms with van der Waals surface area (Å²) >= 11 is 6.39. The lowest BCUT2D eigenvalue weighted by Crippen LogP contribution is -2.36. The molecular weight excluding hydrogens is 461 g/mol. The van der Waals surface area contributed by atoms with Gasteiger partial charge in [0, 0.05) is 11.6 Å². The standard InChI is InChI=1S/C25H23ClFN3O2S/c1-17-2-8-20(9-3-17)33(31,32)30-23(16-21-22(26)10-13-29-24(21)30)18-4-6-19(7-5-18)25(27)11-14-28-15-12-25/h2-10,13,16,28H,11-12,14-15H2,1H3. The number of aromatic nitrogens is 2. The summed E-state index contributed by atoms with van der Waals surface area (Å²) in [6.07, 6.45) is 2.31. The van der Waals surface area contributed by atoms with Gasteiger partial charge in [0.15, 0.2) is 5.65 Å². The number of aryl methyl sites for hydroxylation is 1. The number of pyridine rings is 1. The van der Waals surface area contributed by atoms with Crippen LogP contribution in [-0.2, 0) is 15.7 Å². The molecule has 0 radical (unpaired) electrons. The van der Waals surface area contributed by atoms with Crippen molar-refractivity contribution in [3.63, 3.8) is 0 Å². The van der Waals surface area contributed by atoms with Gasteiger partial charge in [-0.2, -0.15) is 0 Å². The van der Waals surface area contributed by atoms with Crippen LogP contribution in [0.25, 0.3) is 22.3 Å². The summed E-state index contributed by atoms with van der Waals surface area (Å²) in [4.78, 5) is 4.49. The highest BCUT2D eigenvalue weighted by Crippen LogP contribution is 2.38. The minimum Gasteiger partial charge on any atom is -0.316 e. The number of piperidine rings is 1. The molecule has 5 rings (SSSR count). The molecule has 0 aliphatic carbocycles. The van der Waals surface area contributed by atoms with Crippen molar-refractivity contribution in [1.82, 2.24) is 14.3 Å². The Hall–Kier alpha value is -2.74. The third kappa shape index (κ3) is 3.84. The molecule has 0 saturated carbocycles. The molecule has 1 N–H and O–H groups in total. The minimum absolute atomic E-state index is 0.155. The van der Waals surface area contributed by atoms with Crippen LogP contribution < -0.4 is 5.32 Å². The predicted octanol–water partition coefficient (Wildman–Crippen LogP) is 5.45. The van der Waals surface area contributed by atoms with Gasteiger partial charge in [0.05, 0.1) is 15.6 Å². The second-order valence-electron chi connectivity index (χ2n) is 8.43. The van der Waals surface area contributed by atoms with Gasteiger partial charge in [-0.25, -0.2) is 21.8 Å². The van der Waals surface area contributed by atoms with Crippen LogP contribution in [0.15, 0.2) is 71.8 Å². The molecule has 8 heteroatoms. The largest absolute Gasteiger partial charge is 0.316 e. The summed E-state index contributed by atoms with van der Waals surface area (Å²) in [5, 5.41) is 4.13. The van der Waals surface area contributed by atoms with E-state index in [1.54, 1.807) is 60.7 Å². The van der Waals surface area contributed by atoms with Crippen LogP contribution in [0.3, 0.4) is 0 Å². The number of halogens is 2. The summed E-state index contributed by atoms with van der Waals surface area (Å²) in [6, 6.07) is 17.1. The Kier molecular flexibility index (Phi) is 5.51. The molecule has 1 saturated heterocycles. The third-order valence-corrected chi connectivity index (χ3v) is 8.31. The van der Waals surface area contributed by atoms with Crippen molar-refractivity contribution in [2.75, 3.05) is 13.1 Å². The van der Waals surface area contributed by atoms with Crippen molar-refractivity contribution in [3.8, 4) is 11.3 Å². The van der Waals surface area contributed by atoms with Gasteiger partial charge in [0.2, 0.25) is 0 Å². The van der Waals surface area contributed by atoms with Crippen molar-refractivity contribution in [2.45, 2.75) is 30.3 Å². The molecule has 2 aromatic heterocycles. The molecule has 170 valence electrons. The lowest BCUT2D eigenvalue weighted by atomic mass is 9.86. The molecule has 1 fully saturated rings. The maximum atomic E-state index is 15.4. The van der Waals surface area contributed by atoms with Crippen LogP contribution >= 0.6 is 11.6 Å². The van der Waals surface area contributed by atoms with Gasteiger partial charge in [0.1, 0.15) is 5.67 Å². The van der Waals surface area contributed by atoms with E-state index in [4.69, 9.17) is 11.6 Å². The van der Waals surface area contributed by atoms with E-state index in [9.17, 15) is 8.42 Å². The van der Waals surface area contributed by atoms with Crippen molar-refractivity contribution < 1.29 is 12.8 Å². The van der Waals surface area contributed by atoms with E-state index in [1.807, 2.05) is 6.92 Å². The monoisotopic (exact) mass is 483 g/mol. The number of alkyl halides is 1. The highest BCUT2D eigenvalue weighted by Gasteiger charge is 2.33. The number of hydrogen-bond acceptors (Lipinski definition) is 4. The molecule has 0 bridgehead atoms. The third-order valence-electron chi connectivity index (χ3n) is 6.26. The van der Waals surface area contributed by atoms with E-state index in [1.165, 1.54) is 10.2 Å². The summed E-state index contributed by atoms with van der Waals surface area (Å²) < 4.78 is 44.0. The van der Waals surface area contributed by atoms with Gasteiger partial charge in [-0.05, 0) is 68.2 Å². The zero-order valence-corrected chi connectivity index (χ0v) is 19.6. The van der Waals surface area contributed by atoms with Crippen LogP contribution in [0, 0.1) is 6.92 Å². The molecule has 5 nitrogen and oxygen atoms in total. The summed E-state index contributed by atoms with van der Waals surface area (Å²) in [7, 11) is -3.96. The number of hydrogen-bond donors (Lipinski definition) is 1. The molecule has 3 heterocycles. The van der Waals surface area contributed by atoms with Gasteiger partial charge in [-0.15, -0.1) is 0 Å². The number of benzene rings is 2. The lowest BCUT2D eigenvalue weighted by Gasteiger charge is -2.30. The van der Waals surface area contributed by atoms with E-state index < -0.39 is 15.7 Å². The molecule has 0 atom stereocenters. The summed E-state index contributed by atoms with van der Waals surface area (Å²) in [5.41, 5.74) is 1.50. The quantitative estimate of drug-likeness (QED) is 0.419. The van der Waals surface area contributed by atoms with Gasteiger partial charge >= 0.3 is 0 Å². The van der Waals surface area contributed by atoms with Crippen LogP contribution in [-0.4, -0.2) is 30.5 Å². The molecule has 4 aromatic rings. The maximum absolute atomic E-state index is 15.4. The zero-order chi connectivity index (χ0) is 23.2. The highest BCUT2D eigenvalue weighted by molar-refractivity contribution is 7.90. The molecule has 33 heavy (non-hydrogen) atoms. The zero-order valence-electron chi connectivity index (χ0n) is 18.1. The second-order valence-corrected chi connectivity index (χ2v) is 10.6. The fraction of sp³-hybridized carbons (Fsp3) is 0.240. The van der Waals surface area contributed by atoms with Crippen LogP contribution in [0.1, 0.15) is 24.0 Å². The molecule has 2 aromatic carbocycles. The Morgan fingerprint density at radius 2 is 1.70 bits per heavy atom. The molecule has 1 aliphatic heterocycles. The van der Waals surface area contributed by atoms with E-state index in [2.05, 4.69) is 10.3 Å². The fourth-order valence-corrected chi connectivity index (χ4v) is 6.03. The van der Waals surface area contributed by atoms with Crippen LogP contribution in [0.4, 0.5) is 4.39 Å². The Morgan fingerprint density at radius 3 is 2.36 bits per heavy atom. The first kappa shape index (κ1) is 22.1. The number of fused-ring (bicyclic) bond motifs is 1. The first-order chi connectivity index (χ1) is 15.8. The van der Waals surface area contributed by atoms with Crippen LogP contribution in [0.5, 0.6) is 0 Å². The average Bonchev–Trinajstić information content (AvgIpc) is 3.22. The van der Waals surface area contributed by atoms with E-state index >= 15 is 4.39 Å². The van der Waals surface area contributed by atoms with Crippen molar-refractivity contribution in [2.24, 2.45) is 0 Å². The van der Waals surface area contributed by atoms with Crippen molar-refractivity contribution >= 4 is 32.7 Å².